The Labute approximate surface area is 111 Å². The van der Waals surface area contributed by atoms with Crippen molar-refractivity contribution in [2.75, 3.05) is 32.5 Å². The number of pyridine rings is 1. The van der Waals surface area contributed by atoms with E-state index < -0.39 is 4.92 Å². The molecule has 0 unspecified atom stereocenters. The summed E-state index contributed by atoms with van der Waals surface area (Å²) in [7, 11) is 3.99. The van der Waals surface area contributed by atoms with E-state index in [9.17, 15) is 10.1 Å². The lowest BCUT2D eigenvalue weighted by molar-refractivity contribution is -0.383. The number of nitrogens with one attached hydrogen (secondary N) is 1. The first-order valence-electron chi connectivity index (χ1n) is 6.00. The summed E-state index contributed by atoms with van der Waals surface area (Å²) < 4.78 is 0. The molecule has 6 nitrogen and oxygen atoms in total. The van der Waals surface area contributed by atoms with Gasteiger partial charge in [0.2, 0.25) is 0 Å². The Balaban J connectivity index is 2.36. The Morgan fingerprint density at radius 3 is 2.84 bits per heavy atom. The van der Waals surface area contributed by atoms with E-state index in [4.69, 9.17) is 0 Å². The van der Waals surface area contributed by atoms with Crippen molar-refractivity contribution < 1.29 is 4.92 Å². The molecular weight excluding hydrogens is 244 g/mol. The third kappa shape index (κ3) is 2.97. The monoisotopic (exact) mass is 260 g/mol. The number of benzene rings is 1. The summed E-state index contributed by atoms with van der Waals surface area (Å²) in [5, 5.41) is 15.0. The first-order chi connectivity index (χ1) is 9.09. The zero-order valence-electron chi connectivity index (χ0n) is 11.0. The summed E-state index contributed by atoms with van der Waals surface area (Å²) >= 11 is 0. The molecule has 0 aliphatic carbocycles. The van der Waals surface area contributed by atoms with Gasteiger partial charge in [0, 0.05) is 36.4 Å². The molecule has 1 aromatic carbocycles. The van der Waals surface area contributed by atoms with Crippen LogP contribution in [0.2, 0.25) is 0 Å². The van der Waals surface area contributed by atoms with Crippen LogP contribution < -0.4 is 5.32 Å². The molecule has 0 saturated carbocycles. The number of aromatic nitrogens is 1. The van der Waals surface area contributed by atoms with Gasteiger partial charge in [-0.05, 0) is 32.3 Å². The Hall–Kier alpha value is -2.21. The molecule has 100 valence electrons. The number of nitro groups is 1. The number of nitro benzene ring substituents is 1. The fraction of sp³-hybridized carbons (Fsp3) is 0.308. The van der Waals surface area contributed by atoms with Gasteiger partial charge in [0.05, 0.1) is 4.92 Å². The smallest absolute Gasteiger partial charge is 0.295 e. The topological polar surface area (TPSA) is 71.3 Å². The van der Waals surface area contributed by atoms with E-state index in [0.29, 0.717) is 5.52 Å². The molecular formula is C13H16N4O2. The van der Waals surface area contributed by atoms with Crippen LogP contribution in [0.5, 0.6) is 0 Å². The van der Waals surface area contributed by atoms with Gasteiger partial charge in [-0.2, -0.15) is 0 Å². The molecule has 0 aliphatic heterocycles. The molecule has 1 N–H and O–H groups in total. The lowest BCUT2D eigenvalue weighted by atomic mass is 10.1. The maximum Gasteiger partial charge on any atom is 0.295 e. The van der Waals surface area contributed by atoms with Gasteiger partial charge < -0.3 is 10.2 Å². The normalized spacial score (nSPS) is 10.9. The number of hydrogen-bond acceptors (Lipinski definition) is 5. The Morgan fingerprint density at radius 1 is 1.37 bits per heavy atom. The molecule has 1 aromatic heterocycles. The van der Waals surface area contributed by atoms with Crippen molar-refractivity contribution in [1.82, 2.24) is 9.88 Å². The second kappa shape index (κ2) is 5.62. The molecule has 0 fully saturated rings. The number of nitrogens with zero attached hydrogens (tertiary/aromatic N) is 3. The van der Waals surface area contributed by atoms with Crippen LogP contribution in [0.25, 0.3) is 10.9 Å². The highest BCUT2D eigenvalue weighted by molar-refractivity contribution is 5.96. The Morgan fingerprint density at radius 2 is 2.16 bits per heavy atom. The summed E-state index contributed by atoms with van der Waals surface area (Å²) in [6.07, 6.45) is 1.57. The zero-order chi connectivity index (χ0) is 13.8. The standard InChI is InChI=1S/C13H16N4O2/c1-16(2)9-8-14-11-5-6-12(17(18)19)13-10(11)4-3-7-15-13/h3-7,14H,8-9H2,1-2H3. The third-order valence-electron chi connectivity index (χ3n) is 2.82. The minimum Gasteiger partial charge on any atom is -0.383 e. The highest BCUT2D eigenvalue weighted by Gasteiger charge is 2.14. The van der Waals surface area contributed by atoms with E-state index in [1.54, 1.807) is 18.3 Å². The second-order valence-corrected chi connectivity index (χ2v) is 4.52. The van der Waals surface area contributed by atoms with Crippen molar-refractivity contribution in [3.63, 3.8) is 0 Å². The SMILES string of the molecule is CN(C)CCNc1ccc([N+](=O)[O-])c2ncccc12. The number of non-ortho nitro benzene ring substituents is 1. The van der Waals surface area contributed by atoms with Crippen LogP contribution in [0, 0.1) is 10.1 Å². The Bertz CT molecular complexity index is 598. The highest BCUT2D eigenvalue weighted by Crippen LogP contribution is 2.29. The molecule has 2 rings (SSSR count). The lowest BCUT2D eigenvalue weighted by Crippen LogP contribution is -2.20. The van der Waals surface area contributed by atoms with Crippen molar-refractivity contribution in [3.05, 3.63) is 40.6 Å². The zero-order valence-corrected chi connectivity index (χ0v) is 11.0. The summed E-state index contributed by atoms with van der Waals surface area (Å²) in [5.41, 5.74) is 1.33. The minimum absolute atomic E-state index is 0.0359. The van der Waals surface area contributed by atoms with E-state index in [-0.39, 0.29) is 5.69 Å². The van der Waals surface area contributed by atoms with Crippen LogP contribution in [0.1, 0.15) is 0 Å². The molecule has 0 bridgehead atoms. The second-order valence-electron chi connectivity index (χ2n) is 4.52. The van der Waals surface area contributed by atoms with Gasteiger partial charge in [-0.3, -0.25) is 10.1 Å². The van der Waals surface area contributed by atoms with Crippen molar-refractivity contribution >= 4 is 22.3 Å². The lowest BCUT2D eigenvalue weighted by Gasteiger charge is -2.12. The average molecular weight is 260 g/mol. The van der Waals surface area contributed by atoms with E-state index in [2.05, 4.69) is 15.2 Å². The molecule has 0 radical (unpaired) electrons. The van der Waals surface area contributed by atoms with Gasteiger partial charge >= 0.3 is 0 Å². The summed E-state index contributed by atoms with van der Waals surface area (Å²) in [4.78, 5) is 16.7. The number of rotatable bonds is 5. The van der Waals surface area contributed by atoms with Crippen LogP contribution in [0.4, 0.5) is 11.4 Å². The van der Waals surface area contributed by atoms with E-state index in [0.717, 1.165) is 24.2 Å². The van der Waals surface area contributed by atoms with E-state index in [1.165, 1.54) is 6.07 Å². The summed E-state index contributed by atoms with van der Waals surface area (Å²) in [6.45, 7) is 1.66. The highest BCUT2D eigenvalue weighted by atomic mass is 16.6. The van der Waals surface area contributed by atoms with E-state index >= 15 is 0 Å². The van der Waals surface area contributed by atoms with Crippen molar-refractivity contribution in [2.24, 2.45) is 0 Å². The third-order valence-corrected chi connectivity index (χ3v) is 2.82. The molecule has 6 heteroatoms. The molecule has 0 saturated heterocycles. The molecule has 2 aromatic rings. The first-order valence-corrected chi connectivity index (χ1v) is 6.00. The maximum atomic E-state index is 11.0. The predicted octanol–water partition coefficient (Wildman–Crippen LogP) is 2.12. The Kier molecular flexibility index (Phi) is 3.91. The van der Waals surface area contributed by atoms with Gasteiger partial charge in [0.25, 0.3) is 5.69 Å². The van der Waals surface area contributed by atoms with Crippen LogP contribution in [0.15, 0.2) is 30.5 Å². The molecule has 0 atom stereocenters. The summed E-state index contributed by atoms with van der Waals surface area (Å²) in [5.74, 6) is 0. The fourth-order valence-electron chi connectivity index (χ4n) is 1.87. The number of anilines is 1. The average Bonchev–Trinajstić information content (AvgIpc) is 2.38. The van der Waals surface area contributed by atoms with Crippen molar-refractivity contribution in [1.29, 1.82) is 0 Å². The number of fused-ring (bicyclic) bond motifs is 1. The molecule has 0 aliphatic rings. The largest absolute Gasteiger partial charge is 0.383 e. The molecule has 19 heavy (non-hydrogen) atoms. The fourth-order valence-corrected chi connectivity index (χ4v) is 1.87. The number of likely N-dealkylation sites (N-methyl/N-ethyl adjacent to an activating group) is 1. The van der Waals surface area contributed by atoms with Gasteiger partial charge in [-0.15, -0.1) is 0 Å². The van der Waals surface area contributed by atoms with Crippen LogP contribution >= 0.6 is 0 Å². The first kappa shape index (κ1) is 13.2. The molecule has 1 heterocycles. The van der Waals surface area contributed by atoms with Crippen molar-refractivity contribution in [3.8, 4) is 0 Å². The molecule has 0 spiro atoms. The van der Waals surface area contributed by atoms with Crippen LogP contribution in [-0.4, -0.2) is 42.0 Å². The predicted molar refractivity (Wildman–Crippen MR) is 75.4 cm³/mol. The quantitative estimate of drug-likeness (QED) is 0.658. The van der Waals surface area contributed by atoms with Crippen LogP contribution in [-0.2, 0) is 0 Å². The molecule has 0 amide bonds. The van der Waals surface area contributed by atoms with Gasteiger partial charge in [0.1, 0.15) is 5.52 Å². The summed E-state index contributed by atoms with van der Waals surface area (Å²) in [6, 6.07) is 6.85. The van der Waals surface area contributed by atoms with Gasteiger partial charge in [0.15, 0.2) is 0 Å². The van der Waals surface area contributed by atoms with Crippen LogP contribution in [0.3, 0.4) is 0 Å². The minimum atomic E-state index is -0.404. The van der Waals surface area contributed by atoms with Gasteiger partial charge in [-0.1, -0.05) is 0 Å². The number of hydrogen-bond donors (Lipinski definition) is 1. The maximum absolute atomic E-state index is 11.0. The van der Waals surface area contributed by atoms with Crippen molar-refractivity contribution in [2.45, 2.75) is 0 Å². The van der Waals surface area contributed by atoms with E-state index in [1.807, 2.05) is 20.2 Å². The van der Waals surface area contributed by atoms with Gasteiger partial charge in [-0.25, -0.2) is 4.98 Å².